The first-order valence-corrected chi connectivity index (χ1v) is 23.5. The van der Waals surface area contributed by atoms with E-state index in [4.69, 9.17) is 4.42 Å². The summed E-state index contributed by atoms with van der Waals surface area (Å²) in [6.45, 7) is 15.9. The van der Waals surface area contributed by atoms with Gasteiger partial charge in [-0.05, 0) is 140 Å². The first-order chi connectivity index (χ1) is 32.4. The number of nitrogens with zero attached hydrogens (tertiary/aromatic N) is 1. The molecule has 9 aromatic carbocycles. The molecule has 0 aliphatic carbocycles. The molecule has 0 fully saturated rings. The Kier molecular flexibility index (Phi) is 10.3. The maximum absolute atomic E-state index is 6.63. The van der Waals surface area contributed by atoms with Gasteiger partial charge in [-0.2, -0.15) is 0 Å². The van der Waals surface area contributed by atoms with E-state index in [1.807, 2.05) is 0 Å². The number of furan rings is 1. The zero-order valence-electron chi connectivity index (χ0n) is 39.4. The lowest BCUT2D eigenvalue weighted by Gasteiger charge is -2.37. The van der Waals surface area contributed by atoms with Crippen molar-refractivity contribution in [3.63, 3.8) is 0 Å². The zero-order chi connectivity index (χ0) is 46.0. The summed E-state index contributed by atoms with van der Waals surface area (Å²) in [5.41, 5.74) is 22.5. The SMILES string of the molecule is Cc1ccccc1-c1cc(-c2cc(-c3ccccc3)ccc2Nc2ccc(C(C)(C)C)cc2)c2c(c1)N(c1ccc(C(C)(C)C)cc1-c1ccccc1)c1cc3c(cc1[B]2)oc1ccccc13. The molecule has 1 aromatic heterocycles. The molecule has 325 valence electrons. The molecule has 1 radical (unpaired) electrons. The molecule has 67 heavy (non-hydrogen) atoms. The average Bonchev–Trinajstić information content (AvgIpc) is 3.70. The molecule has 1 aliphatic heterocycles. The Labute approximate surface area is 396 Å². The molecule has 2 heterocycles. The summed E-state index contributed by atoms with van der Waals surface area (Å²) in [5.74, 6) is 0. The maximum atomic E-state index is 6.63. The van der Waals surface area contributed by atoms with Crippen molar-refractivity contribution < 1.29 is 4.42 Å². The van der Waals surface area contributed by atoms with E-state index < -0.39 is 0 Å². The molecular formula is C63H54BN2O. The zero-order valence-corrected chi connectivity index (χ0v) is 39.4. The van der Waals surface area contributed by atoms with Crippen LogP contribution in [-0.2, 0) is 10.8 Å². The highest BCUT2D eigenvalue weighted by Gasteiger charge is 2.32. The number of anilines is 5. The number of hydrogen-bond acceptors (Lipinski definition) is 3. The van der Waals surface area contributed by atoms with Crippen LogP contribution < -0.4 is 21.1 Å². The number of nitrogens with one attached hydrogen (secondary N) is 1. The Balaban J connectivity index is 1.23. The summed E-state index contributed by atoms with van der Waals surface area (Å²) in [6, 6.07) is 71.1. The first kappa shape index (κ1) is 42.1. The van der Waals surface area contributed by atoms with Gasteiger partial charge in [-0.15, -0.1) is 0 Å². The Hall–Kier alpha value is -7.56. The number of para-hydroxylation sites is 1. The smallest absolute Gasteiger partial charge is 0.198 e. The van der Waals surface area contributed by atoms with Gasteiger partial charge < -0.3 is 14.6 Å². The minimum Gasteiger partial charge on any atom is -0.456 e. The normalized spacial score (nSPS) is 12.5. The third-order valence-corrected chi connectivity index (χ3v) is 13.6. The van der Waals surface area contributed by atoms with E-state index in [0.29, 0.717) is 0 Å². The lowest BCUT2D eigenvalue weighted by Crippen LogP contribution is -2.41. The highest BCUT2D eigenvalue weighted by molar-refractivity contribution is 6.73. The van der Waals surface area contributed by atoms with E-state index in [1.165, 1.54) is 38.9 Å². The molecule has 11 rings (SSSR count). The largest absolute Gasteiger partial charge is 0.456 e. The highest BCUT2D eigenvalue weighted by atomic mass is 16.3. The van der Waals surface area contributed by atoms with Crippen LogP contribution in [0.15, 0.2) is 199 Å². The van der Waals surface area contributed by atoms with Crippen molar-refractivity contribution in [2.45, 2.75) is 59.3 Å². The van der Waals surface area contributed by atoms with Crippen LogP contribution in [0.3, 0.4) is 0 Å². The number of fused-ring (bicyclic) bond motifs is 5. The second-order valence-electron chi connectivity index (χ2n) is 20.2. The quantitative estimate of drug-likeness (QED) is 0.162. The predicted molar refractivity (Wildman–Crippen MR) is 287 cm³/mol. The van der Waals surface area contributed by atoms with Crippen LogP contribution in [0.1, 0.15) is 58.2 Å². The van der Waals surface area contributed by atoms with Gasteiger partial charge in [0, 0.05) is 44.6 Å². The van der Waals surface area contributed by atoms with Gasteiger partial charge in [0.15, 0.2) is 7.28 Å². The number of aryl methyl sites for hydroxylation is 1. The Morgan fingerprint density at radius 1 is 0.433 bits per heavy atom. The summed E-state index contributed by atoms with van der Waals surface area (Å²) in [6.07, 6.45) is 0. The van der Waals surface area contributed by atoms with Gasteiger partial charge >= 0.3 is 0 Å². The van der Waals surface area contributed by atoms with Crippen molar-refractivity contribution >= 4 is 68.6 Å². The Bertz CT molecular complexity index is 3480. The number of rotatable bonds is 7. The third kappa shape index (κ3) is 7.81. The molecule has 0 amide bonds. The lowest BCUT2D eigenvalue weighted by molar-refractivity contribution is 0.590. The first-order valence-electron chi connectivity index (χ1n) is 23.5. The van der Waals surface area contributed by atoms with Crippen LogP contribution in [0.2, 0.25) is 0 Å². The second kappa shape index (κ2) is 16.4. The van der Waals surface area contributed by atoms with Crippen molar-refractivity contribution in [3.8, 4) is 44.5 Å². The van der Waals surface area contributed by atoms with E-state index in [9.17, 15) is 0 Å². The molecule has 3 nitrogen and oxygen atoms in total. The van der Waals surface area contributed by atoms with Gasteiger partial charge in [-0.3, -0.25) is 0 Å². The Morgan fingerprint density at radius 3 is 1.82 bits per heavy atom. The van der Waals surface area contributed by atoms with Gasteiger partial charge in [0.2, 0.25) is 0 Å². The van der Waals surface area contributed by atoms with Crippen LogP contribution in [0, 0.1) is 6.92 Å². The summed E-state index contributed by atoms with van der Waals surface area (Å²) in [4.78, 5) is 2.53. The van der Waals surface area contributed by atoms with Crippen LogP contribution >= 0.6 is 0 Å². The average molecular weight is 866 g/mol. The number of benzene rings is 9. The van der Waals surface area contributed by atoms with Gasteiger partial charge in [0.25, 0.3) is 0 Å². The van der Waals surface area contributed by atoms with Crippen molar-refractivity contribution in [2.24, 2.45) is 0 Å². The summed E-state index contributed by atoms with van der Waals surface area (Å²) in [7, 11) is 2.40. The molecule has 1 aliphatic rings. The van der Waals surface area contributed by atoms with Crippen molar-refractivity contribution in [3.05, 3.63) is 211 Å². The van der Waals surface area contributed by atoms with Crippen molar-refractivity contribution in [2.75, 3.05) is 10.2 Å². The summed E-state index contributed by atoms with van der Waals surface area (Å²) >= 11 is 0. The van der Waals surface area contributed by atoms with Gasteiger partial charge in [0.05, 0.1) is 5.69 Å². The highest BCUT2D eigenvalue weighted by Crippen LogP contribution is 2.47. The molecule has 0 saturated heterocycles. The topological polar surface area (TPSA) is 28.4 Å². The third-order valence-electron chi connectivity index (χ3n) is 13.6. The van der Waals surface area contributed by atoms with Crippen LogP contribution in [0.4, 0.5) is 28.4 Å². The predicted octanol–water partition coefficient (Wildman–Crippen LogP) is 16.3. The van der Waals surface area contributed by atoms with Crippen molar-refractivity contribution in [1.82, 2.24) is 0 Å². The van der Waals surface area contributed by atoms with E-state index >= 15 is 0 Å². The monoisotopic (exact) mass is 865 g/mol. The van der Waals surface area contributed by atoms with Gasteiger partial charge in [-0.1, -0.05) is 174 Å². The summed E-state index contributed by atoms with van der Waals surface area (Å²) in [5, 5.41) is 6.12. The van der Waals surface area contributed by atoms with E-state index in [0.717, 1.165) is 83.6 Å². The fraction of sp³-hybridized carbons (Fsp3) is 0.143. The van der Waals surface area contributed by atoms with Crippen molar-refractivity contribution in [1.29, 1.82) is 0 Å². The van der Waals surface area contributed by atoms with Crippen LogP contribution in [0.25, 0.3) is 66.4 Å². The fourth-order valence-corrected chi connectivity index (χ4v) is 9.82. The molecule has 0 atom stereocenters. The maximum Gasteiger partial charge on any atom is 0.198 e. The van der Waals surface area contributed by atoms with Crippen LogP contribution in [-0.4, -0.2) is 7.28 Å². The van der Waals surface area contributed by atoms with Gasteiger partial charge in [0.1, 0.15) is 11.2 Å². The summed E-state index contributed by atoms with van der Waals surface area (Å²) < 4.78 is 6.63. The second-order valence-corrected chi connectivity index (χ2v) is 20.2. The van der Waals surface area contributed by atoms with E-state index in [-0.39, 0.29) is 10.8 Å². The molecule has 10 aromatic rings. The van der Waals surface area contributed by atoms with E-state index in [2.05, 4.69) is 260 Å². The molecule has 1 N–H and O–H groups in total. The fourth-order valence-electron chi connectivity index (χ4n) is 9.82. The molecule has 0 saturated carbocycles. The minimum atomic E-state index is -0.0547. The molecule has 4 heteroatoms. The molecule has 0 bridgehead atoms. The lowest BCUT2D eigenvalue weighted by atomic mass is 9.57. The van der Waals surface area contributed by atoms with Crippen LogP contribution in [0.5, 0.6) is 0 Å². The van der Waals surface area contributed by atoms with Gasteiger partial charge in [-0.25, -0.2) is 0 Å². The number of hydrogen-bond donors (Lipinski definition) is 1. The Morgan fingerprint density at radius 2 is 1.09 bits per heavy atom. The molecular weight excluding hydrogens is 812 g/mol. The van der Waals surface area contributed by atoms with E-state index in [1.54, 1.807) is 0 Å². The molecule has 0 spiro atoms. The molecule has 0 unspecified atom stereocenters. The standard InChI is InChI=1S/C63H54BN2O/c1-40-18-14-15-23-48(40)44-35-53(51-34-43(41-19-10-8-11-20-41)26-32-55(51)65-47-30-27-45(28-31-47)62(2,3)4)61-58(36-44)66(56-33-29-46(63(5,6)7)37-50(56)42-21-12-9-13-22-42)57-38-52-49-24-16-17-25-59(49)67-60(52)39-54(57)64-61/h8-39,65H,1-7H3. The minimum absolute atomic E-state index is 0.0511.